The molecular weight excluding hydrogens is 410 g/mol. The molecule has 1 amide bonds. The summed E-state index contributed by atoms with van der Waals surface area (Å²) in [7, 11) is 0. The van der Waals surface area contributed by atoms with E-state index in [4.69, 9.17) is 4.74 Å². The van der Waals surface area contributed by atoms with E-state index in [0.717, 1.165) is 4.90 Å². The topological polar surface area (TPSA) is 113 Å². The smallest absolute Gasteiger partial charge is 0.411 e. The number of anilines is 1. The van der Waals surface area contributed by atoms with Crippen LogP contribution in [0.5, 0.6) is 0 Å². The van der Waals surface area contributed by atoms with Crippen molar-refractivity contribution in [2.24, 2.45) is 0 Å². The number of nitrogens with zero attached hydrogens (tertiary/aromatic N) is 3. The maximum absolute atomic E-state index is 12.3. The van der Waals surface area contributed by atoms with Gasteiger partial charge in [0.1, 0.15) is 17.3 Å². The highest BCUT2D eigenvalue weighted by atomic mass is 79.9. The second-order valence-electron chi connectivity index (χ2n) is 6.86. The number of ether oxygens (including phenoxy) is 1. The van der Waals surface area contributed by atoms with E-state index in [1.165, 1.54) is 6.07 Å². The summed E-state index contributed by atoms with van der Waals surface area (Å²) >= 11 is 3.19. The van der Waals surface area contributed by atoms with Crippen LogP contribution in [0.15, 0.2) is 22.7 Å². The number of benzene rings is 1. The van der Waals surface area contributed by atoms with Gasteiger partial charge in [0.05, 0.1) is 4.92 Å². The van der Waals surface area contributed by atoms with Gasteiger partial charge in [0.15, 0.2) is 0 Å². The Morgan fingerprint density at radius 1 is 1.35 bits per heavy atom. The average molecular weight is 430 g/mol. The largest absolute Gasteiger partial charge is 0.480 e. The number of piperazine rings is 1. The van der Waals surface area contributed by atoms with E-state index in [0.29, 0.717) is 10.2 Å². The number of hydrogen-bond donors (Lipinski definition) is 1. The van der Waals surface area contributed by atoms with Gasteiger partial charge >= 0.3 is 12.1 Å². The Bertz CT molecular complexity index is 733. The molecule has 0 radical (unpaired) electrons. The highest BCUT2D eigenvalue weighted by Crippen LogP contribution is 2.32. The van der Waals surface area contributed by atoms with E-state index in [9.17, 15) is 24.8 Å². The molecule has 2 rings (SSSR count). The lowest BCUT2D eigenvalue weighted by atomic mass is 10.1. The Kier molecular flexibility index (Phi) is 5.74. The van der Waals surface area contributed by atoms with Crippen molar-refractivity contribution in [3.8, 4) is 0 Å². The number of carboxylic acid groups (broad SMARTS) is 1. The number of carbonyl (C=O) groups is 2. The maximum atomic E-state index is 12.3. The quantitative estimate of drug-likeness (QED) is 0.580. The van der Waals surface area contributed by atoms with E-state index in [1.54, 1.807) is 37.8 Å². The molecule has 1 saturated heterocycles. The van der Waals surface area contributed by atoms with Crippen LogP contribution in [0.4, 0.5) is 16.2 Å². The summed E-state index contributed by atoms with van der Waals surface area (Å²) in [6, 6.07) is 3.41. The molecule has 26 heavy (non-hydrogen) atoms. The van der Waals surface area contributed by atoms with Gasteiger partial charge in [-0.25, -0.2) is 9.59 Å². The Hall–Kier alpha value is -2.36. The van der Waals surface area contributed by atoms with Crippen molar-refractivity contribution in [2.75, 3.05) is 24.5 Å². The number of rotatable bonds is 3. The van der Waals surface area contributed by atoms with Crippen molar-refractivity contribution in [3.05, 3.63) is 32.8 Å². The fourth-order valence-electron chi connectivity index (χ4n) is 2.66. The molecule has 1 N–H and O–H groups in total. The van der Waals surface area contributed by atoms with E-state index in [2.05, 4.69) is 15.9 Å². The van der Waals surface area contributed by atoms with E-state index in [-0.39, 0.29) is 25.3 Å². The van der Waals surface area contributed by atoms with Crippen molar-refractivity contribution < 1.29 is 24.4 Å². The van der Waals surface area contributed by atoms with Gasteiger partial charge in [-0.2, -0.15) is 0 Å². The van der Waals surface area contributed by atoms with Gasteiger partial charge in [0, 0.05) is 30.2 Å². The molecule has 1 aliphatic rings. The molecule has 0 saturated carbocycles. The number of halogens is 1. The van der Waals surface area contributed by atoms with Gasteiger partial charge in [0.25, 0.3) is 5.69 Å². The summed E-state index contributed by atoms with van der Waals surface area (Å²) in [5.74, 6) is -1.19. The first-order chi connectivity index (χ1) is 12.0. The van der Waals surface area contributed by atoms with Crippen LogP contribution in [0.2, 0.25) is 0 Å². The monoisotopic (exact) mass is 429 g/mol. The molecule has 1 aliphatic heterocycles. The number of aliphatic carboxylic acids is 1. The van der Waals surface area contributed by atoms with E-state index < -0.39 is 28.6 Å². The first kappa shape index (κ1) is 20.0. The van der Waals surface area contributed by atoms with Gasteiger partial charge in [-0.1, -0.05) is 15.9 Å². The molecule has 0 aromatic heterocycles. The van der Waals surface area contributed by atoms with Crippen LogP contribution in [0.3, 0.4) is 0 Å². The number of amides is 1. The van der Waals surface area contributed by atoms with E-state index in [1.807, 2.05) is 0 Å². The summed E-state index contributed by atoms with van der Waals surface area (Å²) in [6.07, 6.45) is -0.713. The number of carbonyl (C=O) groups excluding carboxylic acids is 1. The SMILES string of the molecule is CC(C)(C)OC(=O)N1CCN(c2ccc(Br)cc2[N+](=O)[O-])C[C@H]1C(=O)O. The van der Waals surface area contributed by atoms with Crippen molar-refractivity contribution in [2.45, 2.75) is 32.4 Å². The lowest BCUT2D eigenvalue weighted by Gasteiger charge is -2.40. The number of hydrogen-bond acceptors (Lipinski definition) is 6. The van der Waals surface area contributed by atoms with Crippen molar-refractivity contribution in [1.82, 2.24) is 4.90 Å². The van der Waals surface area contributed by atoms with Gasteiger partial charge in [-0.3, -0.25) is 15.0 Å². The minimum absolute atomic E-state index is 0.0724. The highest BCUT2D eigenvalue weighted by molar-refractivity contribution is 9.10. The molecule has 9 nitrogen and oxygen atoms in total. The Morgan fingerprint density at radius 2 is 2.00 bits per heavy atom. The maximum Gasteiger partial charge on any atom is 0.411 e. The van der Waals surface area contributed by atoms with Gasteiger partial charge in [0.2, 0.25) is 0 Å². The predicted molar refractivity (Wildman–Crippen MR) is 97.4 cm³/mol. The fraction of sp³-hybridized carbons (Fsp3) is 0.500. The van der Waals surface area contributed by atoms with Crippen LogP contribution in [0, 0.1) is 10.1 Å². The fourth-order valence-corrected chi connectivity index (χ4v) is 3.01. The number of carboxylic acids is 1. The second-order valence-corrected chi connectivity index (χ2v) is 7.78. The van der Waals surface area contributed by atoms with Crippen LogP contribution >= 0.6 is 15.9 Å². The zero-order chi connectivity index (χ0) is 19.6. The molecule has 1 atom stereocenters. The minimum Gasteiger partial charge on any atom is -0.480 e. The van der Waals surface area contributed by atoms with Crippen molar-refractivity contribution >= 4 is 39.4 Å². The third-order valence-electron chi connectivity index (χ3n) is 3.77. The second kappa shape index (κ2) is 7.48. The molecule has 1 fully saturated rings. The Labute approximate surface area is 158 Å². The van der Waals surface area contributed by atoms with Crippen molar-refractivity contribution in [3.63, 3.8) is 0 Å². The zero-order valence-electron chi connectivity index (χ0n) is 14.6. The Balaban J connectivity index is 2.27. The van der Waals surface area contributed by atoms with Gasteiger partial charge < -0.3 is 14.7 Å². The molecule has 0 bridgehead atoms. The number of nitro groups is 1. The van der Waals surface area contributed by atoms with Crippen LogP contribution < -0.4 is 4.90 Å². The molecule has 142 valence electrons. The summed E-state index contributed by atoms with van der Waals surface area (Å²) in [5.41, 5.74) is -0.565. The van der Waals surface area contributed by atoms with Gasteiger partial charge in [-0.15, -0.1) is 0 Å². The predicted octanol–water partition coefficient (Wildman–Crippen LogP) is 2.87. The molecule has 1 aromatic rings. The summed E-state index contributed by atoms with van der Waals surface area (Å²) in [5, 5.41) is 20.8. The molecule has 0 spiro atoms. The number of nitro benzene ring substituents is 1. The highest BCUT2D eigenvalue weighted by Gasteiger charge is 2.39. The lowest BCUT2D eigenvalue weighted by molar-refractivity contribution is -0.384. The van der Waals surface area contributed by atoms with E-state index >= 15 is 0 Å². The molecule has 1 heterocycles. The standard InChI is InChI=1S/C16H20BrN3O6/c1-16(2,3)26-15(23)19-7-6-18(9-13(19)14(21)22)11-5-4-10(17)8-12(11)20(24)25/h4-5,8,13H,6-7,9H2,1-3H3,(H,21,22)/t13-/m0/s1. The van der Waals surface area contributed by atoms with Gasteiger partial charge in [-0.05, 0) is 32.9 Å². The van der Waals surface area contributed by atoms with Crippen LogP contribution in [0.25, 0.3) is 0 Å². The summed E-state index contributed by atoms with van der Waals surface area (Å²) in [4.78, 5) is 37.5. The minimum atomic E-state index is -1.19. The molecule has 1 aromatic carbocycles. The third-order valence-corrected chi connectivity index (χ3v) is 4.26. The summed E-state index contributed by atoms with van der Waals surface area (Å²) in [6.45, 7) is 5.36. The summed E-state index contributed by atoms with van der Waals surface area (Å²) < 4.78 is 5.82. The van der Waals surface area contributed by atoms with Crippen LogP contribution in [-0.2, 0) is 9.53 Å². The van der Waals surface area contributed by atoms with Crippen LogP contribution in [0.1, 0.15) is 20.8 Å². The van der Waals surface area contributed by atoms with Crippen LogP contribution in [-0.4, -0.2) is 58.3 Å². The Morgan fingerprint density at radius 3 is 2.54 bits per heavy atom. The average Bonchev–Trinajstić information content (AvgIpc) is 2.52. The molecule has 0 unspecified atom stereocenters. The first-order valence-electron chi connectivity index (χ1n) is 7.91. The molecule has 10 heteroatoms. The van der Waals surface area contributed by atoms with Crippen molar-refractivity contribution in [1.29, 1.82) is 0 Å². The zero-order valence-corrected chi connectivity index (χ0v) is 16.2. The third kappa shape index (κ3) is 4.63. The molecule has 0 aliphatic carbocycles. The normalized spacial score (nSPS) is 17.8. The first-order valence-corrected chi connectivity index (χ1v) is 8.70. The molecular formula is C16H20BrN3O6. The lowest BCUT2D eigenvalue weighted by Crippen LogP contribution is -2.59.